The van der Waals surface area contributed by atoms with Gasteiger partial charge >= 0.3 is 0 Å². The minimum atomic E-state index is -1.51. The maximum Gasteiger partial charge on any atom is 0.0937 e. The van der Waals surface area contributed by atoms with Gasteiger partial charge in [0.15, 0.2) is 0 Å². The number of hydrogen-bond acceptors (Lipinski definition) is 0. The predicted octanol–water partition coefficient (Wildman–Crippen LogP) is 5.58. The van der Waals surface area contributed by atoms with Crippen molar-refractivity contribution in [3.8, 4) is 0 Å². The largest absolute Gasteiger partial charge is 0.0937 e. The van der Waals surface area contributed by atoms with E-state index < -0.39 is 8.07 Å². The van der Waals surface area contributed by atoms with Crippen molar-refractivity contribution >= 4 is 13.3 Å². The molecule has 0 saturated heterocycles. The molecular formula is C20H28Si. The second-order valence-corrected chi connectivity index (χ2v) is 11.9. The normalized spacial score (nSPS) is 23.6. The summed E-state index contributed by atoms with van der Waals surface area (Å²) >= 11 is 0. The molecule has 3 rings (SSSR count). The maximum absolute atomic E-state index is 2.66. The van der Waals surface area contributed by atoms with Crippen LogP contribution in [0.5, 0.6) is 0 Å². The van der Waals surface area contributed by atoms with Gasteiger partial charge in [0.05, 0.1) is 8.07 Å². The molecule has 1 heteroatoms. The molecule has 2 atom stereocenters. The molecule has 1 saturated carbocycles. The lowest BCUT2D eigenvalue weighted by molar-refractivity contribution is 0.490. The van der Waals surface area contributed by atoms with Crippen LogP contribution in [0.2, 0.25) is 17.6 Å². The van der Waals surface area contributed by atoms with Crippen LogP contribution in [0.4, 0.5) is 0 Å². The van der Waals surface area contributed by atoms with Crippen LogP contribution >= 0.6 is 0 Å². The van der Waals surface area contributed by atoms with E-state index in [2.05, 4.69) is 62.0 Å². The topological polar surface area (TPSA) is 0 Å². The Hall–Kier alpha value is -1.08. The molecule has 0 bridgehead atoms. The fourth-order valence-electron chi connectivity index (χ4n) is 4.48. The van der Waals surface area contributed by atoms with Crippen molar-refractivity contribution in [2.45, 2.75) is 63.1 Å². The second kappa shape index (κ2) is 6.35. The van der Waals surface area contributed by atoms with Crippen LogP contribution in [-0.4, -0.2) is 8.07 Å². The lowest BCUT2D eigenvalue weighted by Crippen LogP contribution is -2.53. The Kier molecular flexibility index (Phi) is 4.49. The third kappa shape index (κ3) is 2.81. The molecule has 112 valence electrons. The predicted molar refractivity (Wildman–Crippen MR) is 95.8 cm³/mol. The summed E-state index contributed by atoms with van der Waals surface area (Å²) in [4.78, 5) is 0. The Morgan fingerprint density at radius 3 is 2.38 bits per heavy atom. The van der Waals surface area contributed by atoms with Crippen molar-refractivity contribution in [2.75, 3.05) is 0 Å². The van der Waals surface area contributed by atoms with Crippen LogP contribution in [0.1, 0.15) is 45.4 Å². The summed E-state index contributed by atoms with van der Waals surface area (Å²) in [5, 5.41) is 1.67. The lowest BCUT2D eigenvalue weighted by Gasteiger charge is -2.43. The van der Waals surface area contributed by atoms with Crippen LogP contribution in [0.3, 0.4) is 0 Å². The van der Waals surface area contributed by atoms with Gasteiger partial charge in [-0.05, 0) is 17.5 Å². The van der Waals surface area contributed by atoms with Crippen molar-refractivity contribution in [1.29, 1.82) is 0 Å². The molecule has 21 heavy (non-hydrogen) atoms. The number of allylic oxidation sites excluding steroid dienone is 4. The third-order valence-corrected chi connectivity index (χ3v) is 12.0. The molecule has 0 heterocycles. The molecule has 0 spiro atoms. The van der Waals surface area contributed by atoms with E-state index in [4.69, 9.17) is 0 Å². The molecule has 0 aromatic heterocycles. The van der Waals surface area contributed by atoms with E-state index in [1.54, 1.807) is 10.8 Å². The first-order valence-electron chi connectivity index (χ1n) is 8.65. The van der Waals surface area contributed by atoms with Gasteiger partial charge in [0.1, 0.15) is 0 Å². The Balaban J connectivity index is 1.99. The van der Waals surface area contributed by atoms with E-state index in [1.807, 2.05) is 0 Å². The number of hydrogen-bond donors (Lipinski definition) is 0. The van der Waals surface area contributed by atoms with Gasteiger partial charge in [0.25, 0.3) is 0 Å². The van der Waals surface area contributed by atoms with Gasteiger partial charge in [0.2, 0.25) is 0 Å². The number of benzene rings is 1. The summed E-state index contributed by atoms with van der Waals surface area (Å²) in [5.74, 6) is 0. The van der Waals surface area contributed by atoms with Crippen LogP contribution in [0.25, 0.3) is 0 Å². The average Bonchev–Trinajstić information content (AvgIpc) is 3.09. The van der Waals surface area contributed by atoms with Crippen molar-refractivity contribution in [3.63, 3.8) is 0 Å². The van der Waals surface area contributed by atoms with E-state index in [-0.39, 0.29) is 0 Å². The molecule has 0 aliphatic heterocycles. The van der Waals surface area contributed by atoms with Gasteiger partial charge in [-0.1, -0.05) is 105 Å². The Bertz CT molecular complexity index is 522. The highest BCUT2D eigenvalue weighted by atomic mass is 28.3. The van der Waals surface area contributed by atoms with Crippen LogP contribution in [-0.2, 0) is 0 Å². The molecular weight excluding hydrogens is 268 g/mol. The van der Waals surface area contributed by atoms with E-state index >= 15 is 0 Å². The van der Waals surface area contributed by atoms with E-state index in [9.17, 15) is 0 Å². The fourth-order valence-corrected chi connectivity index (χ4v) is 9.59. The second-order valence-electron chi connectivity index (χ2n) is 7.05. The minimum absolute atomic E-state index is 0.738. The highest BCUT2D eigenvalue weighted by molar-refractivity contribution is 6.93. The molecule has 0 radical (unpaired) electrons. The van der Waals surface area contributed by atoms with Gasteiger partial charge in [-0.25, -0.2) is 0 Å². The zero-order valence-corrected chi connectivity index (χ0v) is 14.5. The molecule has 1 aromatic rings. The van der Waals surface area contributed by atoms with Crippen LogP contribution in [0, 0.1) is 0 Å². The average molecular weight is 297 g/mol. The van der Waals surface area contributed by atoms with Crippen molar-refractivity contribution in [1.82, 2.24) is 0 Å². The highest BCUT2D eigenvalue weighted by Crippen LogP contribution is 2.45. The molecule has 2 aliphatic rings. The van der Waals surface area contributed by atoms with Gasteiger partial charge in [-0.15, -0.1) is 0 Å². The first-order chi connectivity index (χ1) is 10.2. The Labute approximate surface area is 131 Å². The van der Waals surface area contributed by atoms with Gasteiger partial charge in [0, 0.05) is 0 Å². The lowest BCUT2D eigenvalue weighted by atomic mass is 10.0. The SMILES string of the molecule is CC(C1=CCC=C1)[Si](C)(c1ccccc1)C1CCCCC1. The summed E-state index contributed by atoms with van der Waals surface area (Å²) in [6.45, 7) is 5.17. The number of rotatable bonds is 4. The van der Waals surface area contributed by atoms with Crippen LogP contribution in [0.15, 0.2) is 54.1 Å². The molecule has 1 aromatic carbocycles. The molecule has 2 unspecified atom stereocenters. The first kappa shape index (κ1) is 14.8. The quantitative estimate of drug-likeness (QED) is 0.636. The van der Waals surface area contributed by atoms with Gasteiger partial charge in [-0.2, -0.15) is 0 Å². The standard InChI is InChI=1S/C20H28Si/c1-17(18-11-9-10-12-18)21(2,19-13-5-3-6-14-19)20-15-7-4-8-16-20/h3,5-6,9,11-14,17,20H,4,7-8,10,15-16H2,1-2H3. The summed E-state index contributed by atoms with van der Waals surface area (Å²) < 4.78 is 0. The molecule has 0 N–H and O–H groups in total. The van der Waals surface area contributed by atoms with Crippen molar-refractivity contribution in [3.05, 3.63) is 54.1 Å². The third-order valence-electron chi connectivity index (χ3n) is 6.05. The smallest absolute Gasteiger partial charge is 0.0805 e. The summed E-state index contributed by atoms with van der Waals surface area (Å²) in [5.41, 5.74) is 3.30. The molecule has 0 nitrogen and oxygen atoms in total. The van der Waals surface area contributed by atoms with Crippen LogP contribution < -0.4 is 5.19 Å². The summed E-state index contributed by atoms with van der Waals surface area (Å²) in [6, 6.07) is 11.5. The zero-order chi connectivity index (χ0) is 14.7. The Morgan fingerprint density at radius 1 is 1.05 bits per heavy atom. The highest BCUT2D eigenvalue weighted by Gasteiger charge is 2.44. The van der Waals surface area contributed by atoms with Crippen molar-refractivity contribution < 1.29 is 0 Å². The van der Waals surface area contributed by atoms with E-state index in [0.717, 1.165) is 17.5 Å². The fraction of sp³-hybridized carbons (Fsp3) is 0.500. The summed E-state index contributed by atoms with van der Waals surface area (Å²) in [7, 11) is -1.51. The molecule has 0 amide bonds. The van der Waals surface area contributed by atoms with Crippen molar-refractivity contribution in [2.24, 2.45) is 0 Å². The monoisotopic (exact) mass is 296 g/mol. The zero-order valence-electron chi connectivity index (χ0n) is 13.5. The maximum atomic E-state index is 2.66. The molecule has 2 aliphatic carbocycles. The summed E-state index contributed by atoms with van der Waals surface area (Å²) in [6.07, 6.45) is 15.6. The van der Waals surface area contributed by atoms with E-state index in [0.29, 0.717) is 0 Å². The van der Waals surface area contributed by atoms with Gasteiger partial charge in [-0.3, -0.25) is 0 Å². The van der Waals surface area contributed by atoms with Gasteiger partial charge < -0.3 is 0 Å². The molecule has 1 fully saturated rings. The first-order valence-corrected chi connectivity index (χ1v) is 11.3. The van der Waals surface area contributed by atoms with E-state index in [1.165, 1.54) is 32.1 Å². The minimum Gasteiger partial charge on any atom is -0.0805 e. The Morgan fingerprint density at radius 2 is 1.76 bits per heavy atom.